The van der Waals surface area contributed by atoms with Crippen molar-refractivity contribution >= 4 is 21.8 Å². The highest BCUT2D eigenvalue weighted by atomic mass is 19.4. The molecule has 0 saturated carbocycles. The van der Waals surface area contributed by atoms with Crippen LogP contribution in [0.15, 0.2) is 79.0 Å². The van der Waals surface area contributed by atoms with Crippen molar-refractivity contribution in [3.05, 3.63) is 96.1 Å². The first-order valence-electron chi connectivity index (χ1n) is 10.3. The Morgan fingerprint density at radius 3 is 2.33 bits per heavy atom. The van der Waals surface area contributed by atoms with Gasteiger partial charge in [-0.15, -0.1) is 0 Å². The summed E-state index contributed by atoms with van der Waals surface area (Å²) in [6.45, 7) is 1.03. The molecule has 0 spiro atoms. The number of nitrogens with zero attached hydrogens (tertiary/aromatic N) is 3. The molecule has 0 fully saturated rings. The highest BCUT2D eigenvalue weighted by Crippen LogP contribution is 2.42. The smallest absolute Gasteiger partial charge is 0.375 e. The second-order valence-electron chi connectivity index (χ2n) is 8.10. The van der Waals surface area contributed by atoms with Gasteiger partial charge < -0.3 is 9.67 Å². The van der Waals surface area contributed by atoms with Gasteiger partial charge in [0.15, 0.2) is 0 Å². The molecule has 0 amide bonds. The van der Waals surface area contributed by atoms with Gasteiger partial charge in [-0.3, -0.25) is 0 Å². The maximum atomic E-state index is 14.3. The molecule has 2 heterocycles. The summed E-state index contributed by atoms with van der Waals surface area (Å²) in [7, 11) is 0. The van der Waals surface area contributed by atoms with E-state index in [1.165, 1.54) is 57.9 Å². The monoisotopic (exact) mass is 453 g/mol. The summed E-state index contributed by atoms with van der Waals surface area (Å²) in [5.74, 6) is -0.402. The van der Waals surface area contributed by atoms with E-state index in [2.05, 4.69) is 5.10 Å². The number of benzene rings is 3. The Morgan fingerprint density at radius 1 is 0.879 bits per heavy atom. The lowest BCUT2D eigenvalue weighted by Gasteiger charge is -2.32. The van der Waals surface area contributed by atoms with E-state index < -0.39 is 24.1 Å². The predicted octanol–water partition coefficient (Wildman–Crippen LogP) is 5.88. The minimum Gasteiger partial charge on any atom is -0.375 e. The van der Waals surface area contributed by atoms with E-state index in [0.29, 0.717) is 27.8 Å². The summed E-state index contributed by atoms with van der Waals surface area (Å²) in [6.07, 6.45) is -3.50. The SMILES string of the molecule is Cc1cc2ccccc2n1CC(O)(c1ccc2c(cnn2-c2ccc(F)cc2)c1)C(F)(F)F. The van der Waals surface area contributed by atoms with Crippen molar-refractivity contribution in [2.24, 2.45) is 0 Å². The number of halogens is 4. The number of hydrogen-bond donors (Lipinski definition) is 1. The standard InChI is InChI=1S/C25H19F4N3O/c1-16-12-17-4-2-3-5-22(17)31(16)15-24(33,25(27,28)29)19-6-11-23-18(13-19)14-30-32(23)21-9-7-20(26)8-10-21/h2-14,33H,15H2,1H3. The third kappa shape index (κ3) is 3.47. The zero-order valence-electron chi connectivity index (χ0n) is 17.5. The van der Waals surface area contributed by atoms with Crippen molar-refractivity contribution in [3.8, 4) is 5.69 Å². The van der Waals surface area contributed by atoms with Gasteiger partial charge in [-0.25, -0.2) is 9.07 Å². The van der Waals surface area contributed by atoms with E-state index in [4.69, 9.17) is 0 Å². The topological polar surface area (TPSA) is 43.0 Å². The molecule has 0 bridgehead atoms. The minimum absolute atomic E-state index is 0.279. The molecule has 4 nitrogen and oxygen atoms in total. The summed E-state index contributed by atoms with van der Waals surface area (Å²) < 4.78 is 59.1. The molecule has 33 heavy (non-hydrogen) atoms. The fraction of sp³-hybridized carbons (Fsp3) is 0.160. The molecule has 0 saturated heterocycles. The lowest BCUT2D eigenvalue weighted by Crippen LogP contribution is -2.46. The third-order valence-electron chi connectivity index (χ3n) is 5.99. The first kappa shape index (κ1) is 21.2. The highest BCUT2D eigenvalue weighted by molar-refractivity contribution is 5.82. The van der Waals surface area contributed by atoms with Gasteiger partial charge >= 0.3 is 6.18 Å². The summed E-state index contributed by atoms with van der Waals surface area (Å²) in [6, 6.07) is 18.6. The molecule has 0 aliphatic heterocycles. The Bertz CT molecular complexity index is 1470. The summed E-state index contributed by atoms with van der Waals surface area (Å²) >= 11 is 0. The van der Waals surface area contributed by atoms with E-state index in [1.54, 1.807) is 25.1 Å². The fourth-order valence-electron chi connectivity index (χ4n) is 4.21. The van der Waals surface area contributed by atoms with Crippen LogP contribution in [0.2, 0.25) is 0 Å². The first-order chi connectivity index (χ1) is 15.7. The van der Waals surface area contributed by atoms with E-state index in [-0.39, 0.29) is 5.56 Å². The second-order valence-corrected chi connectivity index (χ2v) is 8.10. The van der Waals surface area contributed by atoms with E-state index in [0.717, 1.165) is 5.39 Å². The Hall–Kier alpha value is -3.65. The van der Waals surface area contributed by atoms with Crippen molar-refractivity contribution in [3.63, 3.8) is 0 Å². The van der Waals surface area contributed by atoms with Crippen LogP contribution < -0.4 is 0 Å². The van der Waals surface area contributed by atoms with Gasteiger partial charge in [0, 0.05) is 16.6 Å². The summed E-state index contributed by atoms with van der Waals surface area (Å²) in [4.78, 5) is 0. The van der Waals surface area contributed by atoms with Crippen molar-refractivity contribution in [1.29, 1.82) is 0 Å². The van der Waals surface area contributed by atoms with Crippen LogP contribution in [0, 0.1) is 12.7 Å². The van der Waals surface area contributed by atoms with Crippen molar-refractivity contribution < 1.29 is 22.7 Å². The Kier molecular flexibility index (Phi) is 4.79. The molecule has 1 N–H and O–H groups in total. The third-order valence-corrected chi connectivity index (χ3v) is 5.99. The van der Waals surface area contributed by atoms with Gasteiger partial charge in [-0.1, -0.05) is 24.3 Å². The molecule has 8 heteroatoms. The average Bonchev–Trinajstić information content (AvgIpc) is 3.34. The molecule has 3 aromatic carbocycles. The molecule has 5 aromatic rings. The average molecular weight is 453 g/mol. The maximum Gasteiger partial charge on any atom is 0.423 e. The molecule has 2 aromatic heterocycles. The van der Waals surface area contributed by atoms with Gasteiger partial charge in [0.1, 0.15) is 5.82 Å². The van der Waals surface area contributed by atoms with Crippen molar-refractivity contribution in [2.75, 3.05) is 0 Å². The van der Waals surface area contributed by atoms with Gasteiger partial charge in [-0.2, -0.15) is 18.3 Å². The van der Waals surface area contributed by atoms with Crippen LogP contribution in [0.5, 0.6) is 0 Å². The summed E-state index contributed by atoms with van der Waals surface area (Å²) in [5.41, 5.74) is -1.06. The van der Waals surface area contributed by atoms with Crippen LogP contribution in [0.4, 0.5) is 17.6 Å². The number of aliphatic hydroxyl groups is 1. The maximum absolute atomic E-state index is 14.3. The van der Waals surface area contributed by atoms with Gasteiger partial charge in [0.2, 0.25) is 5.60 Å². The molecule has 0 radical (unpaired) electrons. The first-order valence-corrected chi connectivity index (χ1v) is 10.3. The Balaban J connectivity index is 1.61. The van der Waals surface area contributed by atoms with Crippen LogP contribution in [-0.2, 0) is 12.1 Å². The van der Waals surface area contributed by atoms with Gasteiger partial charge in [0.25, 0.3) is 0 Å². The zero-order valence-corrected chi connectivity index (χ0v) is 17.5. The molecule has 168 valence electrons. The Morgan fingerprint density at radius 2 is 1.61 bits per heavy atom. The van der Waals surface area contributed by atoms with Gasteiger partial charge in [0.05, 0.1) is 23.9 Å². The summed E-state index contributed by atoms with van der Waals surface area (Å²) in [5, 5.41) is 16.5. The number of aromatic nitrogens is 3. The second kappa shape index (κ2) is 7.45. The molecule has 1 atom stereocenters. The lowest BCUT2D eigenvalue weighted by atomic mass is 9.91. The Labute approximate surface area is 186 Å². The van der Waals surface area contributed by atoms with E-state index in [1.807, 2.05) is 12.1 Å². The van der Waals surface area contributed by atoms with Crippen LogP contribution in [0.3, 0.4) is 0 Å². The highest BCUT2D eigenvalue weighted by Gasteiger charge is 2.55. The lowest BCUT2D eigenvalue weighted by molar-refractivity contribution is -0.271. The largest absolute Gasteiger partial charge is 0.423 e. The number of rotatable bonds is 4. The van der Waals surface area contributed by atoms with Crippen molar-refractivity contribution in [1.82, 2.24) is 14.3 Å². The fourth-order valence-corrected chi connectivity index (χ4v) is 4.21. The molecule has 0 aliphatic rings. The van der Waals surface area contributed by atoms with Crippen LogP contribution in [0.1, 0.15) is 11.3 Å². The number of aryl methyl sites for hydroxylation is 1. The van der Waals surface area contributed by atoms with Gasteiger partial charge in [-0.05, 0) is 66.4 Å². The molecular formula is C25H19F4N3O. The molecular weight excluding hydrogens is 434 g/mol. The number of alkyl halides is 3. The molecule has 0 aliphatic carbocycles. The van der Waals surface area contributed by atoms with E-state index >= 15 is 0 Å². The predicted molar refractivity (Wildman–Crippen MR) is 118 cm³/mol. The van der Waals surface area contributed by atoms with Crippen LogP contribution >= 0.6 is 0 Å². The zero-order chi connectivity index (χ0) is 23.4. The van der Waals surface area contributed by atoms with Crippen LogP contribution in [0.25, 0.3) is 27.5 Å². The quantitative estimate of drug-likeness (QED) is 0.346. The number of fused-ring (bicyclic) bond motifs is 2. The minimum atomic E-state index is -4.93. The molecule has 5 rings (SSSR count). The number of hydrogen-bond acceptors (Lipinski definition) is 2. The van der Waals surface area contributed by atoms with Crippen molar-refractivity contribution in [2.45, 2.75) is 25.2 Å². The normalized spacial score (nSPS) is 14.1. The number of para-hydroxylation sites is 1. The molecule has 1 unspecified atom stereocenters. The van der Waals surface area contributed by atoms with Crippen LogP contribution in [-0.4, -0.2) is 25.6 Å². The van der Waals surface area contributed by atoms with E-state index in [9.17, 15) is 22.7 Å².